The fourth-order valence-electron chi connectivity index (χ4n) is 3.44. The van der Waals surface area contributed by atoms with E-state index in [4.69, 9.17) is 0 Å². The number of benzene rings is 4. The summed E-state index contributed by atoms with van der Waals surface area (Å²) >= 11 is 0. The Kier molecular flexibility index (Phi) is 3.39. The molecule has 0 saturated heterocycles. The summed E-state index contributed by atoms with van der Waals surface area (Å²) in [5, 5.41) is 25.5. The molecule has 0 radical (unpaired) electrons. The van der Waals surface area contributed by atoms with Gasteiger partial charge in [0.05, 0.1) is 0 Å². The van der Waals surface area contributed by atoms with E-state index in [0.29, 0.717) is 11.1 Å². The van der Waals surface area contributed by atoms with Crippen LogP contribution in [0.2, 0.25) is 0 Å². The van der Waals surface area contributed by atoms with E-state index in [2.05, 4.69) is 0 Å². The van der Waals surface area contributed by atoms with E-state index >= 15 is 0 Å². The number of fused-ring (bicyclic) bond motifs is 2. The Morgan fingerprint density at radius 2 is 1.33 bits per heavy atom. The first-order valence-corrected chi connectivity index (χ1v) is 8.15. The number of phenolic OH excluding ortho intramolecular Hbond substituents is 2. The van der Waals surface area contributed by atoms with Crippen LogP contribution in [0.25, 0.3) is 32.7 Å². The van der Waals surface area contributed by atoms with Gasteiger partial charge in [0.15, 0.2) is 0 Å². The molecule has 2 N–H and O–H groups in total. The highest BCUT2D eigenvalue weighted by Gasteiger charge is 2.18. The van der Waals surface area contributed by atoms with Crippen molar-refractivity contribution < 1.29 is 10.2 Å². The molecule has 0 aliphatic carbocycles. The molecule has 0 spiro atoms. The molecule has 0 atom stereocenters. The van der Waals surface area contributed by atoms with Crippen LogP contribution < -0.4 is 0 Å². The Morgan fingerprint density at radius 3 is 2.04 bits per heavy atom. The molecule has 2 heteroatoms. The van der Waals surface area contributed by atoms with Gasteiger partial charge < -0.3 is 10.2 Å². The summed E-state index contributed by atoms with van der Waals surface area (Å²) in [7, 11) is 0. The van der Waals surface area contributed by atoms with Crippen molar-refractivity contribution in [3.8, 4) is 22.6 Å². The van der Waals surface area contributed by atoms with Gasteiger partial charge in [0.2, 0.25) is 0 Å². The zero-order chi connectivity index (χ0) is 16.7. The van der Waals surface area contributed by atoms with Crippen molar-refractivity contribution >= 4 is 21.5 Å². The summed E-state index contributed by atoms with van der Waals surface area (Å²) in [6, 6.07) is 21.5. The highest BCUT2D eigenvalue weighted by atomic mass is 16.3. The Labute approximate surface area is 140 Å². The Morgan fingerprint density at radius 1 is 0.708 bits per heavy atom. The highest BCUT2D eigenvalue weighted by molar-refractivity contribution is 6.10. The van der Waals surface area contributed by atoms with Crippen molar-refractivity contribution in [3.63, 3.8) is 0 Å². The third-order valence-electron chi connectivity index (χ3n) is 4.64. The highest BCUT2D eigenvalue weighted by Crippen LogP contribution is 2.46. The van der Waals surface area contributed by atoms with E-state index in [0.717, 1.165) is 33.5 Å². The first kappa shape index (κ1) is 14.6. The molecule has 0 heterocycles. The van der Waals surface area contributed by atoms with Crippen molar-refractivity contribution in [2.45, 2.75) is 13.3 Å². The standard InChI is InChI=1S/C22H18O2/c1-2-14-13-16-8-4-6-10-18(16)21(22(14)24)20-17-9-5-3-7-15(17)11-12-19(20)23/h3-13,23-24H,2H2,1H3. The fourth-order valence-corrected chi connectivity index (χ4v) is 3.44. The van der Waals surface area contributed by atoms with Crippen molar-refractivity contribution in [1.82, 2.24) is 0 Å². The second kappa shape index (κ2) is 5.57. The molecule has 118 valence electrons. The molecule has 0 saturated carbocycles. The maximum atomic E-state index is 10.9. The van der Waals surface area contributed by atoms with Gasteiger partial charge in [-0.15, -0.1) is 0 Å². The monoisotopic (exact) mass is 314 g/mol. The lowest BCUT2D eigenvalue weighted by Crippen LogP contribution is -1.91. The average Bonchev–Trinajstić information content (AvgIpc) is 2.62. The molecule has 0 unspecified atom stereocenters. The molecular weight excluding hydrogens is 296 g/mol. The fraction of sp³-hybridized carbons (Fsp3) is 0.0909. The van der Waals surface area contributed by atoms with Gasteiger partial charge in [-0.2, -0.15) is 0 Å². The van der Waals surface area contributed by atoms with Crippen LogP contribution >= 0.6 is 0 Å². The minimum atomic E-state index is 0.183. The molecule has 0 fully saturated rings. The van der Waals surface area contributed by atoms with E-state index in [-0.39, 0.29) is 11.5 Å². The Balaban J connectivity index is 2.22. The summed E-state index contributed by atoms with van der Waals surface area (Å²) in [6.07, 6.45) is 0.731. The lowest BCUT2D eigenvalue weighted by Gasteiger charge is -2.16. The van der Waals surface area contributed by atoms with Gasteiger partial charge in [-0.1, -0.05) is 61.5 Å². The minimum absolute atomic E-state index is 0.183. The molecule has 0 aromatic heterocycles. The zero-order valence-corrected chi connectivity index (χ0v) is 13.5. The molecular formula is C22H18O2. The van der Waals surface area contributed by atoms with Crippen molar-refractivity contribution in [1.29, 1.82) is 0 Å². The third-order valence-corrected chi connectivity index (χ3v) is 4.64. The topological polar surface area (TPSA) is 40.5 Å². The van der Waals surface area contributed by atoms with E-state index in [9.17, 15) is 10.2 Å². The summed E-state index contributed by atoms with van der Waals surface area (Å²) in [5.74, 6) is 0.435. The summed E-state index contributed by atoms with van der Waals surface area (Å²) in [4.78, 5) is 0. The number of rotatable bonds is 2. The van der Waals surface area contributed by atoms with Crippen LogP contribution in [0, 0.1) is 0 Å². The first-order chi connectivity index (χ1) is 11.7. The number of aryl methyl sites for hydroxylation is 1. The van der Waals surface area contributed by atoms with Crippen molar-refractivity contribution in [2.24, 2.45) is 0 Å². The van der Waals surface area contributed by atoms with Crippen LogP contribution in [0.15, 0.2) is 66.7 Å². The van der Waals surface area contributed by atoms with Crippen LogP contribution in [0.5, 0.6) is 11.5 Å². The molecule has 0 bridgehead atoms. The summed E-state index contributed by atoms with van der Waals surface area (Å²) in [5.41, 5.74) is 2.28. The SMILES string of the molecule is CCc1cc2ccccc2c(-c2c(O)ccc3ccccc23)c1O. The van der Waals surface area contributed by atoms with Crippen LogP contribution in [0.3, 0.4) is 0 Å². The van der Waals surface area contributed by atoms with Gasteiger partial charge in [-0.3, -0.25) is 0 Å². The van der Waals surface area contributed by atoms with Gasteiger partial charge in [0, 0.05) is 11.1 Å². The second-order valence-corrected chi connectivity index (χ2v) is 6.01. The molecule has 2 nitrogen and oxygen atoms in total. The first-order valence-electron chi connectivity index (χ1n) is 8.15. The second-order valence-electron chi connectivity index (χ2n) is 6.01. The molecule has 4 aromatic carbocycles. The van der Waals surface area contributed by atoms with Crippen molar-refractivity contribution in [2.75, 3.05) is 0 Å². The molecule has 24 heavy (non-hydrogen) atoms. The summed E-state index contributed by atoms with van der Waals surface area (Å²) < 4.78 is 0. The summed E-state index contributed by atoms with van der Waals surface area (Å²) in [6.45, 7) is 2.02. The third kappa shape index (κ3) is 2.11. The minimum Gasteiger partial charge on any atom is -0.507 e. The largest absolute Gasteiger partial charge is 0.507 e. The quantitative estimate of drug-likeness (QED) is 0.503. The number of phenols is 2. The average molecular weight is 314 g/mol. The van der Waals surface area contributed by atoms with Crippen LogP contribution in [-0.4, -0.2) is 10.2 Å². The van der Waals surface area contributed by atoms with Gasteiger partial charge in [-0.05, 0) is 45.7 Å². The molecule has 4 rings (SSSR count). The lowest BCUT2D eigenvalue weighted by molar-refractivity contribution is 0.466. The predicted molar refractivity (Wildman–Crippen MR) is 99.6 cm³/mol. The van der Waals surface area contributed by atoms with Gasteiger partial charge in [0.25, 0.3) is 0 Å². The van der Waals surface area contributed by atoms with Gasteiger partial charge in [-0.25, -0.2) is 0 Å². The number of aromatic hydroxyl groups is 2. The number of hydrogen-bond donors (Lipinski definition) is 2. The van der Waals surface area contributed by atoms with Gasteiger partial charge >= 0.3 is 0 Å². The van der Waals surface area contributed by atoms with Crippen LogP contribution in [0.1, 0.15) is 12.5 Å². The predicted octanol–water partition coefficient (Wildman–Crippen LogP) is 5.63. The van der Waals surface area contributed by atoms with E-state index in [1.165, 1.54) is 0 Å². The Hall–Kier alpha value is -3.00. The van der Waals surface area contributed by atoms with E-state index in [1.54, 1.807) is 6.07 Å². The molecule has 0 aliphatic heterocycles. The maximum Gasteiger partial charge on any atom is 0.127 e. The smallest absolute Gasteiger partial charge is 0.127 e. The maximum absolute atomic E-state index is 10.9. The van der Waals surface area contributed by atoms with Crippen molar-refractivity contribution in [3.05, 3.63) is 72.3 Å². The normalized spacial score (nSPS) is 11.2. The molecule has 0 amide bonds. The lowest BCUT2D eigenvalue weighted by atomic mass is 9.90. The number of hydrogen-bond acceptors (Lipinski definition) is 2. The molecule has 4 aromatic rings. The van der Waals surface area contributed by atoms with E-state index in [1.807, 2.05) is 67.6 Å². The van der Waals surface area contributed by atoms with Crippen LogP contribution in [0.4, 0.5) is 0 Å². The zero-order valence-electron chi connectivity index (χ0n) is 13.5. The molecule has 0 aliphatic rings. The Bertz CT molecular complexity index is 1060. The van der Waals surface area contributed by atoms with Crippen LogP contribution in [-0.2, 0) is 6.42 Å². The van der Waals surface area contributed by atoms with E-state index < -0.39 is 0 Å². The van der Waals surface area contributed by atoms with Gasteiger partial charge in [0.1, 0.15) is 11.5 Å².